The summed E-state index contributed by atoms with van der Waals surface area (Å²) in [6, 6.07) is 5.51. The Hall–Kier alpha value is -2.52. The number of aromatic amines is 1. The van der Waals surface area contributed by atoms with Crippen LogP contribution in [0.2, 0.25) is 0 Å². The monoisotopic (exact) mass is 373 g/mol. The van der Waals surface area contributed by atoms with Gasteiger partial charge >= 0.3 is 0 Å². The number of rotatable bonds is 4. The molecule has 136 valence electrons. The predicted octanol–water partition coefficient (Wildman–Crippen LogP) is 1.53. The van der Waals surface area contributed by atoms with Crippen LogP contribution in [0, 0.1) is 0 Å². The fourth-order valence-corrected chi connectivity index (χ4v) is 3.60. The van der Waals surface area contributed by atoms with Crippen LogP contribution in [0.1, 0.15) is 17.7 Å². The molecule has 0 bridgehead atoms. The molecule has 1 unspecified atom stereocenters. The number of aromatic nitrogens is 4. The number of nitrogens with one attached hydrogen (secondary N) is 1. The Morgan fingerprint density at radius 3 is 2.73 bits per heavy atom. The Bertz CT molecular complexity index is 989. The van der Waals surface area contributed by atoms with Crippen molar-refractivity contribution >= 4 is 27.4 Å². The summed E-state index contributed by atoms with van der Waals surface area (Å²) in [6.07, 6.45) is 3.32. The largest absolute Gasteiger partial charge is 0.378 e. The molecule has 0 aromatic carbocycles. The number of H-pyrrole nitrogens is 1. The van der Waals surface area contributed by atoms with E-state index in [1.807, 2.05) is 18.2 Å². The molecule has 0 spiro atoms. The Kier molecular flexibility index (Phi) is 4.56. The number of morpholine rings is 1. The normalized spacial score (nSPS) is 16.3. The molecule has 26 heavy (non-hydrogen) atoms. The lowest BCUT2D eigenvalue weighted by Crippen LogP contribution is -2.36. The van der Waals surface area contributed by atoms with Gasteiger partial charge in [0.05, 0.1) is 24.2 Å². The second-order valence-corrected chi connectivity index (χ2v) is 7.50. The summed E-state index contributed by atoms with van der Waals surface area (Å²) in [5.74, 6) is 0.744. The van der Waals surface area contributed by atoms with Crippen molar-refractivity contribution in [2.45, 2.75) is 12.2 Å². The molecular formula is C17H19N5O3S. The summed E-state index contributed by atoms with van der Waals surface area (Å²) in [5.41, 5.74) is 2.80. The number of hydrogen-bond donors (Lipinski definition) is 2. The minimum absolute atomic E-state index is 0.618. The van der Waals surface area contributed by atoms with Gasteiger partial charge in [-0.3, -0.25) is 10.1 Å². The molecule has 8 nitrogen and oxygen atoms in total. The number of ether oxygens (including phenoxy) is 1. The smallest absolute Gasteiger partial charge is 0.146 e. The minimum atomic E-state index is -2.61. The van der Waals surface area contributed by atoms with E-state index in [0.29, 0.717) is 24.4 Å². The zero-order valence-corrected chi connectivity index (χ0v) is 15.1. The number of hydrogen-bond acceptors (Lipinski definition) is 7. The van der Waals surface area contributed by atoms with Crippen molar-refractivity contribution in [2.75, 3.05) is 31.2 Å². The lowest BCUT2D eigenvalue weighted by Gasteiger charge is -2.29. The molecule has 3 aromatic heterocycles. The van der Waals surface area contributed by atoms with Crippen molar-refractivity contribution in [3.8, 4) is 11.4 Å². The summed E-state index contributed by atoms with van der Waals surface area (Å²) in [6.45, 7) is 4.38. The molecule has 0 amide bonds. The maximum atomic E-state index is 11.7. The van der Waals surface area contributed by atoms with E-state index in [1.54, 1.807) is 19.3 Å². The maximum Gasteiger partial charge on any atom is 0.146 e. The average Bonchev–Trinajstić information content (AvgIpc) is 3.21. The van der Waals surface area contributed by atoms with Gasteiger partial charge in [-0.05, 0) is 30.7 Å². The molecule has 3 aromatic rings. The average molecular weight is 373 g/mol. The third kappa shape index (κ3) is 3.04. The molecule has 1 aliphatic rings. The number of anilines is 1. The first-order valence-corrected chi connectivity index (χ1v) is 9.65. The van der Waals surface area contributed by atoms with Crippen LogP contribution in [-0.2, 0) is 15.4 Å². The van der Waals surface area contributed by atoms with Crippen LogP contribution in [0.3, 0.4) is 0 Å². The second-order valence-electron chi connectivity index (χ2n) is 6.16. The van der Waals surface area contributed by atoms with Crippen LogP contribution in [-0.4, -0.2) is 54.9 Å². The molecule has 1 saturated heterocycles. The lowest BCUT2D eigenvalue weighted by molar-refractivity contribution is 0.122. The molecule has 1 atom stereocenters. The first-order chi connectivity index (χ1) is 12.6. The summed E-state index contributed by atoms with van der Waals surface area (Å²) < 4.78 is 28.8. The summed E-state index contributed by atoms with van der Waals surface area (Å²) in [5, 5.41) is 7.06. The number of nitrogens with zero attached hydrogens (tertiary/aromatic N) is 4. The van der Waals surface area contributed by atoms with Crippen LogP contribution in [0.15, 0.2) is 30.6 Å². The Morgan fingerprint density at radius 2 is 2.04 bits per heavy atom. The van der Waals surface area contributed by atoms with Crippen molar-refractivity contribution in [1.29, 1.82) is 0 Å². The number of thiol groups is 1. The maximum absolute atomic E-state index is 11.7. The fraction of sp³-hybridized carbons (Fsp3) is 0.353. The zero-order valence-electron chi connectivity index (χ0n) is 14.3. The summed E-state index contributed by atoms with van der Waals surface area (Å²) in [7, 11) is -2.61. The first kappa shape index (κ1) is 16.9. The highest BCUT2D eigenvalue weighted by Crippen LogP contribution is 2.33. The number of fused-ring (bicyclic) bond motifs is 1. The second kappa shape index (κ2) is 7.00. The number of pyridine rings is 2. The standard InChI is InChI=1S/C17H19N5O3S/c1-11(26(23)24)13-10-15(22-6-8-25-9-7-22)20-16-12(13)2-4-18-17(16)14-3-5-19-21-14/h2-5,10-11,26H,6-9H2,1H3,(H,19,21). The van der Waals surface area contributed by atoms with Gasteiger partial charge < -0.3 is 9.64 Å². The van der Waals surface area contributed by atoms with E-state index in [0.717, 1.165) is 35.6 Å². The van der Waals surface area contributed by atoms with Crippen molar-refractivity contribution in [1.82, 2.24) is 20.2 Å². The van der Waals surface area contributed by atoms with Gasteiger partial charge in [-0.1, -0.05) is 0 Å². The van der Waals surface area contributed by atoms with Crippen LogP contribution >= 0.6 is 0 Å². The van der Waals surface area contributed by atoms with E-state index in [-0.39, 0.29) is 0 Å². The van der Waals surface area contributed by atoms with Gasteiger partial charge in [0, 0.05) is 30.9 Å². The minimum Gasteiger partial charge on any atom is -0.378 e. The van der Waals surface area contributed by atoms with Gasteiger partial charge in [0.25, 0.3) is 0 Å². The van der Waals surface area contributed by atoms with E-state index in [1.165, 1.54) is 0 Å². The Morgan fingerprint density at radius 1 is 1.23 bits per heavy atom. The molecule has 1 aliphatic heterocycles. The lowest BCUT2D eigenvalue weighted by atomic mass is 10.0. The highest BCUT2D eigenvalue weighted by molar-refractivity contribution is 7.72. The van der Waals surface area contributed by atoms with E-state index < -0.39 is 16.0 Å². The van der Waals surface area contributed by atoms with Crippen molar-refractivity contribution < 1.29 is 13.2 Å². The van der Waals surface area contributed by atoms with Crippen LogP contribution < -0.4 is 4.90 Å². The molecule has 0 saturated carbocycles. The predicted molar refractivity (Wildman–Crippen MR) is 98.9 cm³/mol. The fourth-order valence-electron chi connectivity index (χ4n) is 3.16. The molecule has 1 fully saturated rings. The van der Waals surface area contributed by atoms with Gasteiger partial charge in [0.1, 0.15) is 27.7 Å². The first-order valence-electron chi connectivity index (χ1n) is 8.40. The summed E-state index contributed by atoms with van der Waals surface area (Å²) in [4.78, 5) is 11.4. The van der Waals surface area contributed by atoms with Gasteiger partial charge in [-0.15, -0.1) is 0 Å². The zero-order chi connectivity index (χ0) is 18.1. The molecule has 0 aliphatic carbocycles. The van der Waals surface area contributed by atoms with Gasteiger partial charge in [-0.2, -0.15) is 5.10 Å². The van der Waals surface area contributed by atoms with Crippen LogP contribution in [0.5, 0.6) is 0 Å². The van der Waals surface area contributed by atoms with Crippen molar-refractivity contribution in [2.24, 2.45) is 0 Å². The Labute approximate surface area is 152 Å². The van der Waals surface area contributed by atoms with E-state index >= 15 is 0 Å². The van der Waals surface area contributed by atoms with Crippen LogP contribution in [0.25, 0.3) is 22.3 Å². The van der Waals surface area contributed by atoms with Gasteiger partial charge in [0.15, 0.2) is 0 Å². The van der Waals surface area contributed by atoms with Gasteiger partial charge in [0.2, 0.25) is 0 Å². The summed E-state index contributed by atoms with van der Waals surface area (Å²) >= 11 is 0. The molecule has 1 N–H and O–H groups in total. The molecule has 4 heterocycles. The van der Waals surface area contributed by atoms with Crippen molar-refractivity contribution in [3.05, 3.63) is 36.2 Å². The molecule has 9 heteroatoms. The third-order valence-electron chi connectivity index (χ3n) is 4.60. The molecule has 0 radical (unpaired) electrons. The Balaban J connectivity index is 1.97. The third-order valence-corrected chi connectivity index (χ3v) is 5.51. The molecular weight excluding hydrogens is 354 g/mol. The van der Waals surface area contributed by atoms with E-state index in [9.17, 15) is 8.42 Å². The van der Waals surface area contributed by atoms with Crippen LogP contribution in [0.4, 0.5) is 5.82 Å². The molecule has 4 rings (SSSR count). The van der Waals surface area contributed by atoms with Crippen molar-refractivity contribution in [3.63, 3.8) is 0 Å². The topological polar surface area (TPSA) is 101 Å². The highest BCUT2D eigenvalue weighted by atomic mass is 32.2. The van der Waals surface area contributed by atoms with Gasteiger partial charge in [-0.25, -0.2) is 13.4 Å². The SMILES string of the molecule is CC(c1cc(N2CCOCC2)nc2c(-c3ccn[nH]3)nccc12)[SH](=O)=O. The highest BCUT2D eigenvalue weighted by Gasteiger charge is 2.21. The van der Waals surface area contributed by atoms with E-state index in [4.69, 9.17) is 9.72 Å². The van der Waals surface area contributed by atoms with E-state index in [2.05, 4.69) is 20.1 Å². The quantitative estimate of drug-likeness (QED) is 0.669.